The molecule has 6 aliphatic rings. The number of carbonyl (C=O) groups is 2. The van der Waals surface area contributed by atoms with Gasteiger partial charge in [-0.05, 0) is 104 Å². The molecular weight excluding hydrogens is 654 g/mol. The van der Waals surface area contributed by atoms with Crippen LogP contribution < -0.4 is 0 Å². The Hall–Kier alpha value is -1.84. The number of ether oxygens (including phenoxy) is 4. The fourth-order valence-electron chi connectivity index (χ4n) is 12.9. The fraction of sp³-hybridized carbons (Fsp3) is 0.818. The van der Waals surface area contributed by atoms with E-state index >= 15 is 0 Å². The van der Waals surface area contributed by atoms with Crippen molar-refractivity contribution in [1.82, 2.24) is 4.90 Å². The molecule has 0 aromatic heterocycles. The summed E-state index contributed by atoms with van der Waals surface area (Å²) in [6.07, 6.45) is 8.27. The lowest BCUT2D eigenvalue weighted by Crippen LogP contribution is -2.55. The Kier molecular flexibility index (Phi) is 9.92. The van der Waals surface area contributed by atoms with E-state index in [2.05, 4.69) is 76.8 Å². The lowest BCUT2D eigenvalue weighted by molar-refractivity contribution is -0.243. The van der Waals surface area contributed by atoms with Gasteiger partial charge in [0.25, 0.3) is 0 Å². The molecule has 0 radical (unpaired) electrons. The van der Waals surface area contributed by atoms with Crippen LogP contribution in [0, 0.1) is 44.8 Å². The standard InChI is InChI=1S/C44H67NO7/c1-28-24-31(38(41(7,8)48)50-29(2)46)51-36-35(28)42(9,40(5,6)37(36)47)20-21-43-18-13-16-32-39(3,4)33(17-19-44(32,43)27-43)52-34-26-45(22-23-49-34)25-30-14-11-10-12-15-30/h10-12,14-15,28,31-36,38,48H,13,16-27H2,1-9H3/t28-,31?,32+,33+,34+,35+,36?,38+,42-,43?,44-/m1/s1. The van der Waals surface area contributed by atoms with Gasteiger partial charge in [-0.2, -0.15) is 0 Å². The van der Waals surface area contributed by atoms with Gasteiger partial charge < -0.3 is 24.1 Å². The van der Waals surface area contributed by atoms with Crippen LogP contribution in [-0.4, -0.2) is 77.8 Å². The molecule has 11 atom stereocenters. The SMILES string of the molecule is CC(=O)O[C@@H](C1C[C@@H](C)[C@H]2C(O1)C(=O)C(C)(C)[C@]2(C)CCC12CCC[C@H]3C(C)(C)[C@@H](O[C@H]4CN(Cc5ccccc5)CCO4)CC[C@@]31C2)C(C)(C)O. The van der Waals surface area contributed by atoms with Crippen molar-refractivity contribution < 1.29 is 33.6 Å². The minimum absolute atomic E-state index is 0.0583. The summed E-state index contributed by atoms with van der Waals surface area (Å²) in [5.74, 6) is 0.585. The van der Waals surface area contributed by atoms with Crippen molar-refractivity contribution in [2.75, 3.05) is 19.7 Å². The number of Topliss-reactive ketones (excluding diaryl/α,β-unsaturated/α-hetero) is 1. The minimum atomic E-state index is -1.29. The number of benzene rings is 1. The molecule has 1 aromatic rings. The maximum absolute atomic E-state index is 14.3. The van der Waals surface area contributed by atoms with Crippen molar-refractivity contribution in [3.05, 3.63) is 35.9 Å². The molecule has 0 bridgehead atoms. The summed E-state index contributed by atoms with van der Waals surface area (Å²) >= 11 is 0. The van der Waals surface area contributed by atoms with Gasteiger partial charge in [-0.25, -0.2) is 0 Å². The number of carbonyl (C=O) groups excluding carboxylic acids is 2. The van der Waals surface area contributed by atoms with Crippen molar-refractivity contribution >= 4 is 11.8 Å². The van der Waals surface area contributed by atoms with E-state index < -0.39 is 35.3 Å². The van der Waals surface area contributed by atoms with Crippen LogP contribution in [0.1, 0.15) is 126 Å². The molecule has 6 fully saturated rings. The lowest BCUT2D eigenvalue weighted by Gasteiger charge is -2.55. The van der Waals surface area contributed by atoms with Crippen molar-refractivity contribution in [2.45, 2.75) is 163 Å². The van der Waals surface area contributed by atoms with Crippen LogP contribution in [0.2, 0.25) is 0 Å². The molecule has 2 saturated heterocycles. The summed E-state index contributed by atoms with van der Waals surface area (Å²) in [5.41, 5.74) is 0.00713. The first kappa shape index (κ1) is 38.4. The average molecular weight is 722 g/mol. The van der Waals surface area contributed by atoms with E-state index in [1.165, 1.54) is 44.6 Å². The van der Waals surface area contributed by atoms with Gasteiger partial charge in [0.15, 0.2) is 18.2 Å². The summed E-state index contributed by atoms with van der Waals surface area (Å²) in [6.45, 7) is 21.9. The first-order valence-electron chi connectivity index (χ1n) is 20.5. The van der Waals surface area contributed by atoms with Crippen molar-refractivity contribution in [3.8, 4) is 0 Å². The van der Waals surface area contributed by atoms with E-state index in [0.29, 0.717) is 29.8 Å². The Morgan fingerprint density at radius 1 is 1.08 bits per heavy atom. The van der Waals surface area contributed by atoms with E-state index in [1.54, 1.807) is 13.8 Å². The Morgan fingerprint density at radius 3 is 2.50 bits per heavy atom. The summed E-state index contributed by atoms with van der Waals surface area (Å²) in [4.78, 5) is 28.8. The van der Waals surface area contributed by atoms with E-state index in [4.69, 9.17) is 18.9 Å². The van der Waals surface area contributed by atoms with E-state index in [9.17, 15) is 14.7 Å². The predicted octanol–water partition coefficient (Wildman–Crippen LogP) is 7.73. The van der Waals surface area contributed by atoms with Gasteiger partial charge in [0.2, 0.25) is 0 Å². The number of esters is 1. The van der Waals surface area contributed by atoms with Crippen molar-refractivity contribution in [3.63, 3.8) is 0 Å². The molecule has 0 amide bonds. The Morgan fingerprint density at radius 2 is 1.81 bits per heavy atom. The Bertz CT molecular complexity index is 1490. The quantitative estimate of drug-likeness (QED) is 0.246. The van der Waals surface area contributed by atoms with Gasteiger partial charge in [0, 0.05) is 37.9 Å². The molecule has 52 heavy (non-hydrogen) atoms. The lowest BCUT2D eigenvalue weighted by atomic mass is 9.52. The number of ketones is 1. The highest BCUT2D eigenvalue weighted by atomic mass is 16.7. The third-order valence-corrected chi connectivity index (χ3v) is 16.0. The van der Waals surface area contributed by atoms with Crippen LogP contribution in [0.3, 0.4) is 0 Å². The molecule has 7 rings (SSSR count). The number of fused-ring (bicyclic) bond motifs is 1. The Labute approximate surface area is 313 Å². The van der Waals surface area contributed by atoms with E-state index in [1.807, 2.05) is 0 Å². The predicted molar refractivity (Wildman–Crippen MR) is 200 cm³/mol. The number of nitrogens with zero attached hydrogens (tertiary/aromatic N) is 1. The number of aliphatic hydroxyl groups is 1. The molecule has 1 spiro atoms. The largest absolute Gasteiger partial charge is 0.457 e. The molecule has 1 aromatic carbocycles. The highest BCUT2D eigenvalue weighted by molar-refractivity contribution is 5.92. The zero-order valence-corrected chi connectivity index (χ0v) is 33.5. The molecule has 1 N–H and O–H groups in total. The molecule has 2 aliphatic heterocycles. The molecule has 290 valence electrons. The second kappa shape index (κ2) is 13.4. The normalized spacial score (nSPS) is 41.7. The number of morpholine rings is 1. The summed E-state index contributed by atoms with van der Waals surface area (Å²) in [7, 11) is 0. The van der Waals surface area contributed by atoms with Gasteiger partial charge in [0.1, 0.15) is 6.10 Å². The monoisotopic (exact) mass is 721 g/mol. The molecular formula is C44H67NO7. The summed E-state index contributed by atoms with van der Waals surface area (Å²) in [5, 5.41) is 11.0. The fourth-order valence-corrected chi connectivity index (χ4v) is 12.9. The number of hydrogen-bond donors (Lipinski definition) is 1. The first-order valence-corrected chi connectivity index (χ1v) is 20.5. The zero-order chi connectivity index (χ0) is 37.5. The van der Waals surface area contributed by atoms with Gasteiger partial charge >= 0.3 is 5.97 Å². The molecule has 4 saturated carbocycles. The zero-order valence-electron chi connectivity index (χ0n) is 33.5. The smallest absolute Gasteiger partial charge is 0.303 e. The summed E-state index contributed by atoms with van der Waals surface area (Å²) < 4.78 is 25.5. The van der Waals surface area contributed by atoms with Crippen LogP contribution in [-0.2, 0) is 35.1 Å². The summed E-state index contributed by atoms with van der Waals surface area (Å²) in [6, 6.07) is 10.7. The topological polar surface area (TPSA) is 94.5 Å². The van der Waals surface area contributed by atoms with E-state index in [0.717, 1.165) is 38.9 Å². The first-order chi connectivity index (χ1) is 24.3. The molecule has 8 nitrogen and oxygen atoms in total. The van der Waals surface area contributed by atoms with Crippen LogP contribution >= 0.6 is 0 Å². The molecule has 8 heteroatoms. The van der Waals surface area contributed by atoms with Crippen LogP contribution in [0.15, 0.2) is 30.3 Å². The highest BCUT2D eigenvalue weighted by Crippen LogP contribution is 2.82. The maximum Gasteiger partial charge on any atom is 0.303 e. The number of hydrogen-bond acceptors (Lipinski definition) is 8. The van der Waals surface area contributed by atoms with Gasteiger partial charge in [-0.1, -0.05) is 78.3 Å². The molecule has 4 aliphatic carbocycles. The third-order valence-electron chi connectivity index (χ3n) is 16.0. The Balaban J connectivity index is 1.03. The highest BCUT2D eigenvalue weighted by Gasteiger charge is 2.75. The average Bonchev–Trinajstić information content (AvgIpc) is 3.71. The van der Waals surface area contributed by atoms with Gasteiger partial charge in [-0.15, -0.1) is 0 Å². The van der Waals surface area contributed by atoms with Crippen LogP contribution in [0.25, 0.3) is 0 Å². The molecule has 3 unspecified atom stereocenters. The van der Waals surface area contributed by atoms with Crippen molar-refractivity contribution in [2.24, 2.45) is 44.8 Å². The molecule has 2 heterocycles. The van der Waals surface area contributed by atoms with Gasteiger partial charge in [0.05, 0.1) is 24.4 Å². The van der Waals surface area contributed by atoms with Gasteiger partial charge in [-0.3, -0.25) is 14.5 Å². The maximum atomic E-state index is 14.3. The third kappa shape index (κ3) is 6.32. The van der Waals surface area contributed by atoms with Crippen LogP contribution in [0.4, 0.5) is 0 Å². The van der Waals surface area contributed by atoms with E-state index in [-0.39, 0.29) is 40.8 Å². The second-order valence-electron chi connectivity index (χ2n) is 20.0. The second-order valence-corrected chi connectivity index (χ2v) is 20.0. The number of rotatable bonds is 10. The minimum Gasteiger partial charge on any atom is -0.457 e. The van der Waals surface area contributed by atoms with Crippen LogP contribution in [0.5, 0.6) is 0 Å². The van der Waals surface area contributed by atoms with Crippen molar-refractivity contribution in [1.29, 1.82) is 0 Å².